The molecule has 1 atom stereocenters. The molecule has 4 heteroatoms. The zero-order chi connectivity index (χ0) is 14.4. The van der Waals surface area contributed by atoms with Crippen molar-refractivity contribution in [3.8, 4) is 5.75 Å². The molecule has 1 unspecified atom stereocenters. The lowest BCUT2D eigenvalue weighted by atomic mass is 10.0. The van der Waals surface area contributed by atoms with E-state index in [0.29, 0.717) is 0 Å². The number of hydrogen-bond acceptors (Lipinski definition) is 3. The van der Waals surface area contributed by atoms with E-state index in [4.69, 9.17) is 4.74 Å². The number of rotatable bonds is 7. The molecule has 4 nitrogen and oxygen atoms in total. The lowest BCUT2D eigenvalue weighted by Crippen LogP contribution is -2.20. The van der Waals surface area contributed by atoms with Gasteiger partial charge in [-0.25, -0.2) is 4.68 Å². The molecule has 20 heavy (non-hydrogen) atoms. The summed E-state index contributed by atoms with van der Waals surface area (Å²) in [6, 6.07) is 8.39. The highest BCUT2D eigenvalue weighted by molar-refractivity contribution is 5.35. The Morgan fingerprint density at radius 2 is 2.25 bits per heavy atom. The van der Waals surface area contributed by atoms with Crippen LogP contribution in [0.2, 0.25) is 0 Å². The summed E-state index contributed by atoms with van der Waals surface area (Å²) in [5.41, 5.74) is 2.33. The van der Waals surface area contributed by atoms with Gasteiger partial charge in [0.2, 0.25) is 0 Å². The summed E-state index contributed by atoms with van der Waals surface area (Å²) < 4.78 is 7.14. The van der Waals surface area contributed by atoms with Crippen molar-refractivity contribution < 1.29 is 4.74 Å². The molecule has 0 aliphatic carbocycles. The number of ether oxygens (including phenoxy) is 1. The minimum Gasteiger partial charge on any atom is -0.496 e. The fraction of sp³-hybridized carbons (Fsp3) is 0.312. The van der Waals surface area contributed by atoms with Crippen molar-refractivity contribution in [3.05, 3.63) is 54.4 Å². The third kappa shape index (κ3) is 3.27. The highest BCUT2D eigenvalue weighted by atomic mass is 16.5. The van der Waals surface area contributed by atoms with Gasteiger partial charge in [0.25, 0.3) is 0 Å². The summed E-state index contributed by atoms with van der Waals surface area (Å²) >= 11 is 0. The average Bonchev–Trinajstić information content (AvgIpc) is 2.96. The molecule has 2 aromatic rings. The van der Waals surface area contributed by atoms with Crippen LogP contribution in [-0.2, 0) is 6.54 Å². The summed E-state index contributed by atoms with van der Waals surface area (Å²) in [5, 5.41) is 7.73. The van der Waals surface area contributed by atoms with Crippen molar-refractivity contribution in [1.82, 2.24) is 15.1 Å². The number of para-hydroxylation sites is 1. The predicted octanol–water partition coefficient (Wildman–Crippen LogP) is 3.23. The van der Waals surface area contributed by atoms with Gasteiger partial charge in [-0.15, -0.1) is 0 Å². The summed E-state index contributed by atoms with van der Waals surface area (Å²) in [7, 11) is 1.71. The summed E-state index contributed by atoms with van der Waals surface area (Å²) in [6.45, 7) is 6.62. The maximum absolute atomic E-state index is 5.43. The Kier molecular flexibility index (Phi) is 4.96. The standard InChI is InChI=1S/C16H21N3O/c1-4-15(14-8-6-7-9-16(14)20-3)17-10-13-11-18-19(5-2)12-13/h5-9,11-12,15,17H,2,4,10H2,1,3H3. The smallest absolute Gasteiger partial charge is 0.123 e. The van der Waals surface area contributed by atoms with Crippen LogP contribution in [0.4, 0.5) is 0 Å². The Morgan fingerprint density at radius 3 is 2.90 bits per heavy atom. The first kappa shape index (κ1) is 14.3. The molecule has 1 heterocycles. The Bertz CT molecular complexity index is 562. The SMILES string of the molecule is C=Cn1cc(CNC(CC)c2ccccc2OC)cn1. The molecule has 0 spiro atoms. The molecule has 1 N–H and O–H groups in total. The van der Waals surface area contributed by atoms with Crippen LogP contribution < -0.4 is 10.1 Å². The van der Waals surface area contributed by atoms with E-state index in [1.807, 2.05) is 30.6 Å². The van der Waals surface area contributed by atoms with E-state index in [0.717, 1.165) is 24.3 Å². The zero-order valence-electron chi connectivity index (χ0n) is 12.0. The van der Waals surface area contributed by atoms with E-state index in [1.165, 1.54) is 5.56 Å². The second kappa shape index (κ2) is 6.91. The second-order valence-electron chi connectivity index (χ2n) is 4.59. The lowest BCUT2D eigenvalue weighted by Gasteiger charge is -2.19. The molecular formula is C16H21N3O. The Labute approximate surface area is 120 Å². The summed E-state index contributed by atoms with van der Waals surface area (Å²) in [4.78, 5) is 0. The fourth-order valence-electron chi connectivity index (χ4n) is 2.24. The molecule has 0 aliphatic heterocycles. The lowest BCUT2D eigenvalue weighted by molar-refractivity contribution is 0.396. The van der Waals surface area contributed by atoms with E-state index < -0.39 is 0 Å². The molecule has 1 aromatic carbocycles. The van der Waals surface area contributed by atoms with Gasteiger partial charge in [0.1, 0.15) is 5.75 Å². The van der Waals surface area contributed by atoms with Crippen LogP contribution in [-0.4, -0.2) is 16.9 Å². The first-order valence-electron chi connectivity index (χ1n) is 6.80. The second-order valence-corrected chi connectivity index (χ2v) is 4.59. The molecule has 0 fully saturated rings. The molecule has 0 amide bonds. The monoisotopic (exact) mass is 271 g/mol. The van der Waals surface area contributed by atoms with E-state index in [1.54, 1.807) is 18.0 Å². The van der Waals surface area contributed by atoms with Crippen molar-refractivity contribution in [1.29, 1.82) is 0 Å². The van der Waals surface area contributed by atoms with Gasteiger partial charge < -0.3 is 10.1 Å². The van der Waals surface area contributed by atoms with E-state index >= 15 is 0 Å². The van der Waals surface area contributed by atoms with Gasteiger partial charge in [0, 0.05) is 36.1 Å². The third-order valence-corrected chi connectivity index (χ3v) is 3.32. The minimum atomic E-state index is 0.262. The normalized spacial score (nSPS) is 12.1. The van der Waals surface area contributed by atoms with Crippen molar-refractivity contribution >= 4 is 6.20 Å². The van der Waals surface area contributed by atoms with Crippen molar-refractivity contribution in [2.24, 2.45) is 0 Å². The molecule has 0 saturated carbocycles. The number of aromatic nitrogens is 2. The van der Waals surface area contributed by atoms with Crippen LogP contribution in [0.3, 0.4) is 0 Å². The van der Waals surface area contributed by atoms with Crippen molar-refractivity contribution in [3.63, 3.8) is 0 Å². The largest absolute Gasteiger partial charge is 0.496 e. The molecular weight excluding hydrogens is 250 g/mol. The predicted molar refractivity (Wildman–Crippen MR) is 81.5 cm³/mol. The first-order chi connectivity index (χ1) is 9.78. The Morgan fingerprint density at radius 1 is 1.45 bits per heavy atom. The highest BCUT2D eigenvalue weighted by Gasteiger charge is 2.13. The van der Waals surface area contributed by atoms with Gasteiger partial charge in [0.05, 0.1) is 13.3 Å². The number of hydrogen-bond donors (Lipinski definition) is 1. The average molecular weight is 271 g/mol. The Balaban J connectivity index is 2.06. The number of methoxy groups -OCH3 is 1. The van der Waals surface area contributed by atoms with Crippen LogP contribution in [0.15, 0.2) is 43.2 Å². The molecule has 106 valence electrons. The van der Waals surface area contributed by atoms with Crippen LogP contribution in [0.25, 0.3) is 6.20 Å². The number of nitrogens with one attached hydrogen (secondary N) is 1. The fourth-order valence-corrected chi connectivity index (χ4v) is 2.24. The zero-order valence-corrected chi connectivity index (χ0v) is 12.0. The van der Waals surface area contributed by atoms with Crippen LogP contribution in [0, 0.1) is 0 Å². The Hall–Kier alpha value is -2.07. The van der Waals surface area contributed by atoms with Crippen LogP contribution >= 0.6 is 0 Å². The maximum atomic E-state index is 5.43. The molecule has 0 radical (unpaired) electrons. The molecule has 0 aliphatic rings. The van der Waals surface area contributed by atoms with Gasteiger partial charge in [-0.05, 0) is 12.5 Å². The molecule has 0 saturated heterocycles. The van der Waals surface area contributed by atoms with Crippen LogP contribution in [0.1, 0.15) is 30.5 Å². The van der Waals surface area contributed by atoms with Crippen molar-refractivity contribution in [2.75, 3.05) is 7.11 Å². The van der Waals surface area contributed by atoms with Gasteiger partial charge in [-0.3, -0.25) is 0 Å². The van der Waals surface area contributed by atoms with Gasteiger partial charge in [0.15, 0.2) is 0 Å². The number of nitrogens with zero attached hydrogens (tertiary/aromatic N) is 2. The van der Waals surface area contributed by atoms with Gasteiger partial charge in [-0.1, -0.05) is 31.7 Å². The van der Waals surface area contributed by atoms with Gasteiger partial charge >= 0.3 is 0 Å². The summed E-state index contributed by atoms with van der Waals surface area (Å²) in [6.07, 6.45) is 6.50. The van der Waals surface area contributed by atoms with Crippen molar-refractivity contribution in [2.45, 2.75) is 25.9 Å². The highest BCUT2D eigenvalue weighted by Crippen LogP contribution is 2.26. The molecule has 1 aromatic heterocycles. The van der Waals surface area contributed by atoms with Crippen LogP contribution in [0.5, 0.6) is 5.75 Å². The third-order valence-electron chi connectivity index (χ3n) is 3.32. The maximum Gasteiger partial charge on any atom is 0.123 e. The minimum absolute atomic E-state index is 0.262. The van der Waals surface area contributed by atoms with E-state index in [2.05, 4.69) is 30.0 Å². The first-order valence-corrected chi connectivity index (χ1v) is 6.80. The number of benzene rings is 1. The van der Waals surface area contributed by atoms with Gasteiger partial charge in [-0.2, -0.15) is 5.10 Å². The molecule has 2 rings (SSSR count). The topological polar surface area (TPSA) is 39.1 Å². The summed E-state index contributed by atoms with van der Waals surface area (Å²) in [5.74, 6) is 0.925. The van der Waals surface area contributed by atoms with E-state index in [9.17, 15) is 0 Å². The van der Waals surface area contributed by atoms with E-state index in [-0.39, 0.29) is 6.04 Å². The quantitative estimate of drug-likeness (QED) is 0.840. The molecule has 0 bridgehead atoms.